The number of methoxy groups -OCH3 is 1. The Kier molecular flexibility index (Phi) is 2.39. The van der Waals surface area contributed by atoms with E-state index >= 15 is 0 Å². The zero-order valence-electron chi connectivity index (χ0n) is 5.89. The Morgan fingerprint density at radius 2 is 2.60 bits per heavy atom. The number of carbonyl (C=O) groups is 1. The van der Waals surface area contributed by atoms with Crippen molar-refractivity contribution in [1.29, 1.82) is 0 Å². The van der Waals surface area contributed by atoms with Gasteiger partial charge in [-0.05, 0) is 0 Å². The number of hydrogen-bond donors (Lipinski definition) is 1. The van der Waals surface area contributed by atoms with E-state index in [1.807, 2.05) is 0 Å². The van der Waals surface area contributed by atoms with E-state index in [0.717, 1.165) is 5.84 Å². The Labute approximate surface area is 59.3 Å². The number of hydrogen-bond acceptors (Lipinski definition) is 3. The number of ether oxygens (including phenoxy) is 1. The third-order valence-electron chi connectivity index (χ3n) is 1.24. The maximum absolute atomic E-state index is 10.6. The molecule has 56 valence electrons. The molecule has 0 aromatic heterocycles. The molecule has 0 unspecified atom stereocenters. The Balaban J connectivity index is 2.23. The first-order valence-corrected chi connectivity index (χ1v) is 3.15. The molecule has 0 saturated heterocycles. The molecule has 0 radical (unpaired) electrons. The molecule has 10 heavy (non-hydrogen) atoms. The lowest BCUT2D eigenvalue weighted by Crippen LogP contribution is -2.25. The van der Waals surface area contributed by atoms with Gasteiger partial charge in [-0.25, -0.2) is 0 Å². The van der Waals surface area contributed by atoms with Gasteiger partial charge in [0.15, 0.2) is 0 Å². The van der Waals surface area contributed by atoms with Crippen LogP contribution < -0.4 is 5.32 Å². The summed E-state index contributed by atoms with van der Waals surface area (Å²) in [7, 11) is 1.62. The van der Waals surface area contributed by atoms with E-state index < -0.39 is 0 Å². The van der Waals surface area contributed by atoms with Gasteiger partial charge in [-0.15, -0.1) is 0 Å². The average molecular weight is 142 g/mol. The minimum Gasteiger partial charge on any atom is -0.384 e. The predicted octanol–water partition coefficient (Wildman–Crippen LogP) is -0.449. The van der Waals surface area contributed by atoms with Gasteiger partial charge in [-0.3, -0.25) is 9.79 Å². The van der Waals surface area contributed by atoms with Crippen LogP contribution in [0.4, 0.5) is 0 Å². The summed E-state index contributed by atoms with van der Waals surface area (Å²) < 4.78 is 4.81. The van der Waals surface area contributed by atoms with Crippen molar-refractivity contribution in [1.82, 2.24) is 5.32 Å². The Bertz CT molecular complexity index is 165. The van der Waals surface area contributed by atoms with Crippen molar-refractivity contribution in [2.75, 3.05) is 20.3 Å². The molecule has 1 rings (SSSR count). The van der Waals surface area contributed by atoms with Crippen LogP contribution in [0.25, 0.3) is 0 Å². The first-order chi connectivity index (χ1) is 4.83. The third-order valence-corrected chi connectivity index (χ3v) is 1.24. The van der Waals surface area contributed by atoms with Crippen molar-refractivity contribution >= 4 is 11.7 Å². The molecule has 0 aromatic carbocycles. The second kappa shape index (κ2) is 3.31. The number of nitrogens with zero attached hydrogens (tertiary/aromatic N) is 1. The highest BCUT2D eigenvalue weighted by atomic mass is 16.5. The summed E-state index contributed by atoms with van der Waals surface area (Å²) in [5.74, 6) is 0.720. The second-order valence-electron chi connectivity index (χ2n) is 2.05. The Hall–Kier alpha value is -0.900. The minimum absolute atomic E-state index is 0.0221. The first-order valence-electron chi connectivity index (χ1n) is 3.15. The second-order valence-corrected chi connectivity index (χ2v) is 2.05. The van der Waals surface area contributed by atoms with Crippen LogP contribution in [-0.2, 0) is 9.53 Å². The molecule has 1 amide bonds. The standard InChI is InChI=1S/C6H10N2O2/c1-10-3-2-5-7-4-6(9)8-5/h2-4H2,1H3,(H,7,8,9). The van der Waals surface area contributed by atoms with Gasteiger partial charge in [0.2, 0.25) is 5.91 Å². The van der Waals surface area contributed by atoms with Crippen LogP contribution in [0.2, 0.25) is 0 Å². The molecule has 0 bridgehead atoms. The van der Waals surface area contributed by atoms with Crippen LogP contribution in [0.3, 0.4) is 0 Å². The minimum atomic E-state index is -0.0221. The Morgan fingerprint density at radius 1 is 1.80 bits per heavy atom. The van der Waals surface area contributed by atoms with Crippen LogP contribution in [0.1, 0.15) is 6.42 Å². The van der Waals surface area contributed by atoms with Crippen molar-refractivity contribution in [3.8, 4) is 0 Å². The van der Waals surface area contributed by atoms with Crippen LogP contribution in [-0.4, -0.2) is 32.0 Å². The van der Waals surface area contributed by atoms with E-state index in [2.05, 4.69) is 10.3 Å². The predicted molar refractivity (Wildman–Crippen MR) is 36.9 cm³/mol. The van der Waals surface area contributed by atoms with E-state index in [4.69, 9.17) is 4.74 Å². The van der Waals surface area contributed by atoms with Gasteiger partial charge < -0.3 is 10.1 Å². The van der Waals surface area contributed by atoms with E-state index in [0.29, 0.717) is 13.0 Å². The maximum atomic E-state index is 10.6. The molecule has 0 aromatic rings. The van der Waals surface area contributed by atoms with Gasteiger partial charge in [0.05, 0.1) is 6.61 Å². The van der Waals surface area contributed by atoms with Crippen molar-refractivity contribution in [2.24, 2.45) is 4.99 Å². The Morgan fingerprint density at radius 3 is 3.10 bits per heavy atom. The van der Waals surface area contributed by atoms with Gasteiger partial charge in [0.1, 0.15) is 12.4 Å². The largest absolute Gasteiger partial charge is 0.384 e. The zero-order chi connectivity index (χ0) is 7.40. The normalized spacial score (nSPS) is 16.9. The molecule has 4 heteroatoms. The van der Waals surface area contributed by atoms with Gasteiger partial charge in [0, 0.05) is 13.5 Å². The summed E-state index contributed by atoms with van der Waals surface area (Å²) in [6.07, 6.45) is 0.697. The highest BCUT2D eigenvalue weighted by Gasteiger charge is 2.11. The number of rotatable bonds is 3. The number of nitrogens with one attached hydrogen (secondary N) is 1. The summed E-state index contributed by atoms with van der Waals surface area (Å²) >= 11 is 0. The lowest BCUT2D eigenvalue weighted by atomic mass is 10.4. The highest BCUT2D eigenvalue weighted by molar-refractivity contribution is 6.03. The van der Waals surface area contributed by atoms with E-state index in [1.54, 1.807) is 7.11 Å². The molecule has 1 heterocycles. The van der Waals surface area contributed by atoms with Gasteiger partial charge in [-0.2, -0.15) is 0 Å². The SMILES string of the molecule is COCCC1=NCC(=O)N1. The molecule has 1 aliphatic heterocycles. The van der Waals surface area contributed by atoms with Gasteiger partial charge in [-0.1, -0.05) is 0 Å². The number of amidine groups is 1. The van der Waals surface area contributed by atoms with Crippen LogP contribution in [0, 0.1) is 0 Å². The van der Waals surface area contributed by atoms with Crippen LogP contribution in [0.15, 0.2) is 4.99 Å². The topological polar surface area (TPSA) is 50.7 Å². The zero-order valence-corrected chi connectivity index (χ0v) is 5.89. The molecule has 0 atom stereocenters. The summed E-state index contributed by atoms with van der Waals surface area (Å²) in [5.41, 5.74) is 0. The molecule has 4 nitrogen and oxygen atoms in total. The molecule has 0 saturated carbocycles. The molecule has 0 fully saturated rings. The van der Waals surface area contributed by atoms with Crippen molar-refractivity contribution in [3.05, 3.63) is 0 Å². The van der Waals surface area contributed by atoms with Crippen LogP contribution >= 0.6 is 0 Å². The number of aliphatic imine (C=N–C) groups is 1. The van der Waals surface area contributed by atoms with Crippen molar-refractivity contribution in [3.63, 3.8) is 0 Å². The summed E-state index contributed by atoms with van der Waals surface area (Å²) in [6.45, 7) is 0.887. The fourth-order valence-corrected chi connectivity index (χ4v) is 0.748. The van der Waals surface area contributed by atoms with E-state index in [9.17, 15) is 4.79 Å². The first kappa shape index (κ1) is 7.21. The monoisotopic (exact) mass is 142 g/mol. The van der Waals surface area contributed by atoms with E-state index in [-0.39, 0.29) is 12.5 Å². The fraction of sp³-hybridized carbons (Fsp3) is 0.667. The molecule has 0 aliphatic carbocycles. The fourth-order valence-electron chi connectivity index (χ4n) is 0.748. The lowest BCUT2D eigenvalue weighted by molar-refractivity contribution is -0.117. The lowest BCUT2D eigenvalue weighted by Gasteiger charge is -1.97. The van der Waals surface area contributed by atoms with Gasteiger partial charge in [0.25, 0.3) is 0 Å². The summed E-state index contributed by atoms with van der Waals surface area (Å²) in [6, 6.07) is 0. The molecule has 1 aliphatic rings. The molecule has 0 spiro atoms. The van der Waals surface area contributed by atoms with Crippen LogP contribution in [0.5, 0.6) is 0 Å². The third kappa shape index (κ3) is 1.80. The quantitative estimate of drug-likeness (QED) is 0.580. The highest BCUT2D eigenvalue weighted by Crippen LogP contribution is 1.91. The molecular weight excluding hydrogens is 132 g/mol. The average Bonchev–Trinajstić information content (AvgIpc) is 2.31. The smallest absolute Gasteiger partial charge is 0.246 e. The van der Waals surface area contributed by atoms with E-state index in [1.165, 1.54) is 0 Å². The molecular formula is C6H10N2O2. The number of carbonyl (C=O) groups excluding carboxylic acids is 1. The van der Waals surface area contributed by atoms with Gasteiger partial charge >= 0.3 is 0 Å². The maximum Gasteiger partial charge on any atom is 0.246 e. The number of amides is 1. The summed E-state index contributed by atoms with van der Waals surface area (Å²) in [4.78, 5) is 14.5. The van der Waals surface area contributed by atoms with Crippen molar-refractivity contribution in [2.45, 2.75) is 6.42 Å². The molecule has 1 N–H and O–H groups in total. The van der Waals surface area contributed by atoms with Crippen molar-refractivity contribution < 1.29 is 9.53 Å². The summed E-state index contributed by atoms with van der Waals surface area (Å²) in [5, 5.41) is 2.62.